The van der Waals surface area contributed by atoms with Crippen molar-refractivity contribution in [1.29, 1.82) is 0 Å². The molecule has 1 aromatic rings. The second kappa shape index (κ2) is 4.96. The van der Waals surface area contributed by atoms with Crippen LogP contribution in [0.15, 0.2) is 24.3 Å². The standard InChI is InChI=1S/C12H15FO3/c1-3-7-12(2,11(14)15)16-10-6-4-5-9(13)8-10/h4-6,8H,3,7H2,1-2H3,(H,14,15). The van der Waals surface area contributed by atoms with Crippen LogP contribution in [0, 0.1) is 5.82 Å². The molecule has 0 spiro atoms. The van der Waals surface area contributed by atoms with Gasteiger partial charge in [0.05, 0.1) is 0 Å². The molecule has 0 heterocycles. The number of aliphatic carboxylic acids is 1. The Morgan fingerprint density at radius 3 is 2.75 bits per heavy atom. The van der Waals surface area contributed by atoms with E-state index in [9.17, 15) is 9.18 Å². The van der Waals surface area contributed by atoms with Crippen molar-refractivity contribution in [2.75, 3.05) is 0 Å². The van der Waals surface area contributed by atoms with Crippen LogP contribution in [0.4, 0.5) is 4.39 Å². The highest BCUT2D eigenvalue weighted by Crippen LogP contribution is 2.23. The minimum absolute atomic E-state index is 0.235. The molecule has 3 nitrogen and oxygen atoms in total. The van der Waals surface area contributed by atoms with E-state index in [0.717, 1.165) is 0 Å². The number of carbonyl (C=O) groups is 1. The quantitative estimate of drug-likeness (QED) is 0.839. The summed E-state index contributed by atoms with van der Waals surface area (Å²) in [5, 5.41) is 9.08. The maximum atomic E-state index is 12.9. The predicted octanol–water partition coefficient (Wildman–Crippen LogP) is 2.85. The van der Waals surface area contributed by atoms with Gasteiger partial charge in [-0.25, -0.2) is 9.18 Å². The first-order chi connectivity index (χ1) is 7.48. The van der Waals surface area contributed by atoms with Crippen LogP contribution in [0.1, 0.15) is 26.7 Å². The van der Waals surface area contributed by atoms with Gasteiger partial charge in [-0.15, -0.1) is 0 Å². The first-order valence-corrected chi connectivity index (χ1v) is 5.16. The fraction of sp³-hybridized carbons (Fsp3) is 0.417. The Morgan fingerprint density at radius 2 is 2.25 bits per heavy atom. The minimum Gasteiger partial charge on any atom is -0.478 e. The van der Waals surface area contributed by atoms with E-state index >= 15 is 0 Å². The third-order valence-corrected chi connectivity index (χ3v) is 2.32. The Balaban J connectivity index is 2.87. The molecule has 0 aliphatic rings. The average molecular weight is 226 g/mol. The number of ether oxygens (including phenoxy) is 1. The van der Waals surface area contributed by atoms with Crippen molar-refractivity contribution in [3.63, 3.8) is 0 Å². The van der Waals surface area contributed by atoms with Crippen molar-refractivity contribution >= 4 is 5.97 Å². The van der Waals surface area contributed by atoms with Gasteiger partial charge < -0.3 is 9.84 Å². The SMILES string of the molecule is CCCC(C)(Oc1cccc(F)c1)C(=O)O. The molecule has 1 aromatic carbocycles. The smallest absolute Gasteiger partial charge is 0.347 e. The van der Waals surface area contributed by atoms with Gasteiger partial charge in [0.2, 0.25) is 5.60 Å². The molecule has 4 heteroatoms. The van der Waals surface area contributed by atoms with Gasteiger partial charge in [0.15, 0.2) is 0 Å². The first-order valence-electron chi connectivity index (χ1n) is 5.16. The summed E-state index contributed by atoms with van der Waals surface area (Å²) in [6, 6.07) is 5.49. The second-order valence-corrected chi connectivity index (χ2v) is 3.85. The number of hydrogen-bond donors (Lipinski definition) is 1. The van der Waals surface area contributed by atoms with E-state index in [1.165, 1.54) is 25.1 Å². The Bertz CT molecular complexity index is 378. The first kappa shape index (κ1) is 12.5. The summed E-state index contributed by atoms with van der Waals surface area (Å²) >= 11 is 0. The fourth-order valence-electron chi connectivity index (χ4n) is 1.47. The Labute approximate surface area is 93.9 Å². The van der Waals surface area contributed by atoms with Crippen molar-refractivity contribution in [2.45, 2.75) is 32.3 Å². The highest BCUT2D eigenvalue weighted by atomic mass is 19.1. The summed E-state index contributed by atoms with van der Waals surface area (Å²) in [5.74, 6) is -1.25. The van der Waals surface area contributed by atoms with Crippen LogP contribution in [0.3, 0.4) is 0 Å². The Morgan fingerprint density at radius 1 is 1.56 bits per heavy atom. The molecule has 1 rings (SSSR count). The third kappa shape index (κ3) is 2.95. The van der Waals surface area contributed by atoms with Crippen LogP contribution in [0.25, 0.3) is 0 Å². The average Bonchev–Trinajstić information content (AvgIpc) is 2.17. The summed E-state index contributed by atoms with van der Waals surface area (Å²) in [4.78, 5) is 11.1. The van der Waals surface area contributed by atoms with Crippen molar-refractivity contribution in [2.24, 2.45) is 0 Å². The van der Waals surface area contributed by atoms with Gasteiger partial charge >= 0.3 is 5.97 Å². The normalized spacial score (nSPS) is 14.2. The van der Waals surface area contributed by atoms with Crippen LogP contribution in [0.2, 0.25) is 0 Å². The van der Waals surface area contributed by atoms with E-state index in [1.807, 2.05) is 6.92 Å². The van der Waals surface area contributed by atoms with Gasteiger partial charge in [0, 0.05) is 6.07 Å². The molecule has 0 fully saturated rings. The molecule has 0 amide bonds. The highest BCUT2D eigenvalue weighted by molar-refractivity contribution is 5.77. The van der Waals surface area contributed by atoms with Crippen molar-refractivity contribution in [1.82, 2.24) is 0 Å². The van der Waals surface area contributed by atoms with E-state index < -0.39 is 17.4 Å². The molecule has 0 aromatic heterocycles. The molecule has 1 unspecified atom stereocenters. The lowest BCUT2D eigenvalue weighted by molar-refractivity contribution is -0.154. The van der Waals surface area contributed by atoms with E-state index in [-0.39, 0.29) is 5.75 Å². The van der Waals surface area contributed by atoms with E-state index in [0.29, 0.717) is 12.8 Å². The van der Waals surface area contributed by atoms with Gasteiger partial charge in [-0.05, 0) is 25.5 Å². The molecular weight excluding hydrogens is 211 g/mol. The summed E-state index contributed by atoms with van der Waals surface area (Å²) in [7, 11) is 0. The van der Waals surface area contributed by atoms with Gasteiger partial charge in [0.25, 0.3) is 0 Å². The molecule has 0 aliphatic carbocycles. The maximum Gasteiger partial charge on any atom is 0.347 e. The number of halogens is 1. The number of hydrogen-bond acceptors (Lipinski definition) is 2. The van der Waals surface area contributed by atoms with Gasteiger partial charge in [0.1, 0.15) is 11.6 Å². The second-order valence-electron chi connectivity index (χ2n) is 3.85. The van der Waals surface area contributed by atoms with E-state index in [2.05, 4.69) is 0 Å². The predicted molar refractivity (Wildman–Crippen MR) is 58.0 cm³/mol. The van der Waals surface area contributed by atoms with Gasteiger partial charge in [-0.1, -0.05) is 19.4 Å². The molecule has 16 heavy (non-hydrogen) atoms. The zero-order chi connectivity index (χ0) is 12.2. The molecular formula is C12H15FO3. The highest BCUT2D eigenvalue weighted by Gasteiger charge is 2.34. The van der Waals surface area contributed by atoms with Crippen molar-refractivity contribution in [3.05, 3.63) is 30.1 Å². The van der Waals surface area contributed by atoms with Crippen LogP contribution in [-0.4, -0.2) is 16.7 Å². The van der Waals surface area contributed by atoms with Crippen LogP contribution in [0.5, 0.6) is 5.75 Å². The van der Waals surface area contributed by atoms with E-state index in [1.54, 1.807) is 6.07 Å². The molecule has 0 radical (unpaired) electrons. The van der Waals surface area contributed by atoms with E-state index in [4.69, 9.17) is 9.84 Å². The van der Waals surface area contributed by atoms with Crippen LogP contribution < -0.4 is 4.74 Å². The zero-order valence-electron chi connectivity index (χ0n) is 9.37. The zero-order valence-corrected chi connectivity index (χ0v) is 9.37. The lowest BCUT2D eigenvalue weighted by Crippen LogP contribution is -2.41. The monoisotopic (exact) mass is 226 g/mol. The Hall–Kier alpha value is -1.58. The number of benzene rings is 1. The van der Waals surface area contributed by atoms with Crippen molar-refractivity contribution in [3.8, 4) is 5.75 Å². The van der Waals surface area contributed by atoms with Crippen LogP contribution in [-0.2, 0) is 4.79 Å². The molecule has 1 N–H and O–H groups in total. The lowest BCUT2D eigenvalue weighted by Gasteiger charge is -2.25. The summed E-state index contributed by atoms with van der Waals surface area (Å²) in [6.07, 6.45) is 1.05. The number of carboxylic acids is 1. The number of rotatable bonds is 5. The molecule has 0 bridgehead atoms. The van der Waals surface area contributed by atoms with Crippen LogP contribution >= 0.6 is 0 Å². The molecule has 0 saturated heterocycles. The minimum atomic E-state index is -1.30. The topological polar surface area (TPSA) is 46.5 Å². The Kier molecular flexibility index (Phi) is 3.88. The molecule has 1 atom stereocenters. The summed E-state index contributed by atoms with van der Waals surface area (Å²) in [5.41, 5.74) is -1.30. The number of carboxylic acid groups (broad SMARTS) is 1. The largest absolute Gasteiger partial charge is 0.478 e. The lowest BCUT2D eigenvalue weighted by atomic mass is 10.0. The molecule has 0 aliphatic heterocycles. The molecule has 0 saturated carbocycles. The van der Waals surface area contributed by atoms with Gasteiger partial charge in [-0.3, -0.25) is 0 Å². The fourth-order valence-corrected chi connectivity index (χ4v) is 1.47. The summed E-state index contributed by atoms with van der Waals surface area (Å²) in [6.45, 7) is 3.36. The van der Waals surface area contributed by atoms with Gasteiger partial charge in [-0.2, -0.15) is 0 Å². The molecule has 88 valence electrons. The summed E-state index contributed by atoms with van der Waals surface area (Å²) < 4.78 is 18.2. The van der Waals surface area contributed by atoms with Crippen molar-refractivity contribution < 1.29 is 19.0 Å². The maximum absolute atomic E-state index is 12.9. The third-order valence-electron chi connectivity index (χ3n) is 2.32.